The number of aliphatic imine (C=N–C) groups is 1. The van der Waals surface area contributed by atoms with Gasteiger partial charge in [-0.3, -0.25) is 4.99 Å². The van der Waals surface area contributed by atoms with Crippen LogP contribution in [-0.4, -0.2) is 18.5 Å². The van der Waals surface area contributed by atoms with Crippen LogP contribution in [0.2, 0.25) is 0 Å². The van der Waals surface area contributed by atoms with Gasteiger partial charge in [-0.25, -0.2) is 0 Å². The topological polar surface area (TPSA) is 50.4 Å². The predicted molar refractivity (Wildman–Crippen MR) is 70.8 cm³/mol. The highest BCUT2D eigenvalue weighted by Gasteiger charge is 2.60. The Morgan fingerprint density at radius 1 is 1.12 bits per heavy atom. The lowest BCUT2D eigenvalue weighted by atomic mass is 9.43. The third-order valence-electron chi connectivity index (χ3n) is 5.26. The summed E-state index contributed by atoms with van der Waals surface area (Å²) in [6.07, 6.45) is 8.12. The Balaban J connectivity index is 1.92. The fourth-order valence-corrected chi connectivity index (χ4v) is 5.91. The Hall–Kier alpha value is -0.730. The van der Waals surface area contributed by atoms with Gasteiger partial charge in [0.2, 0.25) is 0 Å². The Kier molecular flexibility index (Phi) is 2.13. The van der Waals surface area contributed by atoms with E-state index in [0.717, 1.165) is 5.92 Å². The summed E-state index contributed by atoms with van der Waals surface area (Å²) in [5.41, 5.74) is 7.24. The van der Waals surface area contributed by atoms with Gasteiger partial charge in [0.1, 0.15) is 0 Å². The first kappa shape index (κ1) is 11.4. The molecular formula is C14H25N3. The highest BCUT2D eigenvalue weighted by atomic mass is 15.1. The van der Waals surface area contributed by atoms with Gasteiger partial charge in [-0.2, -0.15) is 0 Å². The molecule has 0 spiro atoms. The van der Waals surface area contributed by atoms with E-state index in [-0.39, 0.29) is 5.54 Å². The predicted octanol–water partition coefficient (Wildman–Crippen LogP) is 2.27. The van der Waals surface area contributed by atoms with Gasteiger partial charge in [-0.15, -0.1) is 0 Å². The summed E-state index contributed by atoms with van der Waals surface area (Å²) >= 11 is 0. The van der Waals surface area contributed by atoms with Crippen molar-refractivity contribution in [3.8, 4) is 0 Å². The van der Waals surface area contributed by atoms with Crippen molar-refractivity contribution in [1.82, 2.24) is 5.32 Å². The van der Waals surface area contributed by atoms with Crippen LogP contribution in [-0.2, 0) is 0 Å². The first-order valence-corrected chi connectivity index (χ1v) is 6.87. The van der Waals surface area contributed by atoms with Crippen molar-refractivity contribution < 1.29 is 0 Å². The van der Waals surface area contributed by atoms with Crippen molar-refractivity contribution in [3.05, 3.63) is 0 Å². The monoisotopic (exact) mass is 235 g/mol. The number of rotatable bonds is 1. The van der Waals surface area contributed by atoms with Gasteiger partial charge in [-0.05, 0) is 55.3 Å². The molecule has 3 nitrogen and oxygen atoms in total. The van der Waals surface area contributed by atoms with Gasteiger partial charge in [-0.1, -0.05) is 13.8 Å². The maximum atomic E-state index is 5.92. The zero-order valence-electron chi connectivity index (χ0n) is 11.3. The molecule has 4 aliphatic rings. The van der Waals surface area contributed by atoms with Crippen LogP contribution in [0.5, 0.6) is 0 Å². The maximum Gasteiger partial charge on any atom is 0.188 e. The molecule has 2 atom stereocenters. The second-order valence-electron chi connectivity index (χ2n) is 7.64. The van der Waals surface area contributed by atoms with Gasteiger partial charge >= 0.3 is 0 Å². The molecule has 17 heavy (non-hydrogen) atoms. The van der Waals surface area contributed by atoms with E-state index >= 15 is 0 Å². The molecular weight excluding hydrogens is 210 g/mol. The third kappa shape index (κ3) is 1.74. The van der Waals surface area contributed by atoms with E-state index in [0.29, 0.717) is 16.8 Å². The zero-order valence-corrected chi connectivity index (χ0v) is 11.3. The smallest absolute Gasteiger partial charge is 0.188 e. The largest absolute Gasteiger partial charge is 0.370 e. The van der Waals surface area contributed by atoms with Gasteiger partial charge in [0.05, 0.1) is 0 Å². The van der Waals surface area contributed by atoms with E-state index in [4.69, 9.17) is 5.73 Å². The molecule has 0 aromatic rings. The average molecular weight is 235 g/mol. The van der Waals surface area contributed by atoms with Crippen molar-refractivity contribution in [1.29, 1.82) is 0 Å². The number of nitrogens with zero attached hydrogens (tertiary/aromatic N) is 1. The van der Waals surface area contributed by atoms with Crippen LogP contribution in [0, 0.1) is 16.7 Å². The Labute approximate surface area is 104 Å². The summed E-state index contributed by atoms with van der Waals surface area (Å²) in [6, 6.07) is 0. The molecule has 4 rings (SSSR count). The van der Waals surface area contributed by atoms with Gasteiger partial charge in [0.15, 0.2) is 5.96 Å². The minimum absolute atomic E-state index is 0.243. The van der Waals surface area contributed by atoms with Crippen molar-refractivity contribution in [2.24, 2.45) is 27.5 Å². The van der Waals surface area contributed by atoms with Crippen LogP contribution in [0.25, 0.3) is 0 Å². The average Bonchev–Trinajstić information content (AvgIpc) is 2.10. The Morgan fingerprint density at radius 2 is 1.71 bits per heavy atom. The molecule has 0 heterocycles. The minimum atomic E-state index is 0.243. The van der Waals surface area contributed by atoms with E-state index in [1.54, 1.807) is 7.05 Å². The SMILES string of the molecule is CN=C(N)NC12CC3CC(C)(CC(C)(C3)C1)C2. The van der Waals surface area contributed by atoms with E-state index in [1.165, 1.54) is 38.5 Å². The summed E-state index contributed by atoms with van der Waals surface area (Å²) in [5.74, 6) is 1.53. The second-order valence-corrected chi connectivity index (χ2v) is 7.64. The number of nitrogens with two attached hydrogens (primary N) is 1. The first-order valence-electron chi connectivity index (χ1n) is 6.87. The number of guanidine groups is 1. The molecule has 0 amide bonds. The summed E-state index contributed by atoms with van der Waals surface area (Å²) in [5, 5.41) is 3.55. The molecule has 0 saturated heterocycles. The number of hydrogen-bond donors (Lipinski definition) is 2. The van der Waals surface area contributed by atoms with Crippen LogP contribution >= 0.6 is 0 Å². The lowest BCUT2D eigenvalue weighted by Gasteiger charge is -2.65. The molecule has 4 saturated carbocycles. The molecule has 4 aliphatic carbocycles. The quantitative estimate of drug-likeness (QED) is 0.541. The van der Waals surface area contributed by atoms with Crippen molar-refractivity contribution in [2.75, 3.05) is 7.05 Å². The fourth-order valence-electron chi connectivity index (χ4n) is 5.91. The Morgan fingerprint density at radius 3 is 2.18 bits per heavy atom. The molecule has 0 radical (unpaired) electrons. The third-order valence-corrected chi connectivity index (χ3v) is 5.26. The maximum absolute atomic E-state index is 5.92. The van der Waals surface area contributed by atoms with Crippen LogP contribution in [0.4, 0.5) is 0 Å². The molecule has 2 unspecified atom stereocenters. The first-order chi connectivity index (χ1) is 7.86. The van der Waals surface area contributed by atoms with E-state index in [9.17, 15) is 0 Å². The normalized spacial score (nSPS) is 52.9. The van der Waals surface area contributed by atoms with Crippen LogP contribution in [0.15, 0.2) is 4.99 Å². The summed E-state index contributed by atoms with van der Waals surface area (Å²) in [4.78, 5) is 4.09. The van der Waals surface area contributed by atoms with E-state index < -0.39 is 0 Å². The molecule has 3 N–H and O–H groups in total. The summed E-state index contributed by atoms with van der Waals surface area (Å²) in [7, 11) is 1.77. The summed E-state index contributed by atoms with van der Waals surface area (Å²) < 4.78 is 0. The molecule has 4 bridgehead atoms. The van der Waals surface area contributed by atoms with Crippen LogP contribution < -0.4 is 11.1 Å². The molecule has 4 fully saturated rings. The highest BCUT2D eigenvalue weighted by molar-refractivity contribution is 5.78. The zero-order chi connectivity index (χ0) is 12.3. The van der Waals surface area contributed by atoms with E-state index in [1.807, 2.05) is 0 Å². The molecule has 3 heteroatoms. The number of nitrogens with one attached hydrogen (secondary N) is 1. The molecule has 0 aromatic carbocycles. The lowest BCUT2D eigenvalue weighted by Crippen LogP contribution is -2.66. The van der Waals surface area contributed by atoms with E-state index in [2.05, 4.69) is 24.2 Å². The second kappa shape index (κ2) is 3.18. The number of hydrogen-bond acceptors (Lipinski definition) is 1. The minimum Gasteiger partial charge on any atom is -0.370 e. The van der Waals surface area contributed by atoms with Gasteiger partial charge < -0.3 is 11.1 Å². The standard InChI is InChI=1S/C14H25N3/c1-12-4-10-5-13(2,7-12)9-14(6-10,8-12)17-11(15)16-3/h10H,4-9H2,1-3H3,(H3,15,16,17). The fraction of sp³-hybridized carbons (Fsp3) is 0.929. The molecule has 0 aromatic heterocycles. The van der Waals surface area contributed by atoms with Crippen LogP contribution in [0.1, 0.15) is 52.4 Å². The Bertz CT molecular complexity index is 356. The van der Waals surface area contributed by atoms with Crippen molar-refractivity contribution >= 4 is 5.96 Å². The van der Waals surface area contributed by atoms with Crippen molar-refractivity contribution in [3.63, 3.8) is 0 Å². The lowest BCUT2D eigenvalue weighted by molar-refractivity contribution is -0.111. The van der Waals surface area contributed by atoms with Crippen LogP contribution in [0.3, 0.4) is 0 Å². The molecule has 0 aliphatic heterocycles. The molecule has 96 valence electrons. The van der Waals surface area contributed by atoms with Gasteiger partial charge in [0, 0.05) is 12.6 Å². The highest BCUT2D eigenvalue weighted by Crippen LogP contribution is 2.66. The van der Waals surface area contributed by atoms with Crippen molar-refractivity contribution in [2.45, 2.75) is 57.9 Å². The summed E-state index contributed by atoms with van der Waals surface area (Å²) in [6.45, 7) is 4.96. The van der Waals surface area contributed by atoms with Gasteiger partial charge in [0.25, 0.3) is 0 Å².